The molecule has 0 unspecified atom stereocenters. The lowest BCUT2D eigenvalue weighted by Gasteiger charge is -2.16. The minimum atomic E-state index is 0.279. The van der Waals surface area contributed by atoms with E-state index < -0.39 is 0 Å². The number of rotatable bonds is 5. The Morgan fingerprint density at radius 3 is 2.33 bits per heavy atom. The Labute approximate surface area is 126 Å². The third-order valence-electron chi connectivity index (χ3n) is 3.18. The number of nitrogens with zero attached hydrogens (tertiary/aromatic N) is 2. The molecule has 1 aromatic carbocycles. The first kappa shape index (κ1) is 15.3. The van der Waals surface area contributed by atoms with Crippen molar-refractivity contribution < 1.29 is 4.74 Å². The average molecular weight is 285 g/mol. The number of aromatic nitrogens is 2. The van der Waals surface area contributed by atoms with E-state index in [1.807, 2.05) is 12.1 Å². The van der Waals surface area contributed by atoms with Crippen LogP contribution in [0.25, 0.3) is 0 Å². The van der Waals surface area contributed by atoms with Gasteiger partial charge in [0, 0.05) is 6.54 Å². The van der Waals surface area contributed by atoms with Gasteiger partial charge in [0.15, 0.2) is 0 Å². The number of anilines is 1. The first-order valence-electron chi connectivity index (χ1n) is 7.36. The largest absolute Gasteiger partial charge is 0.439 e. The van der Waals surface area contributed by atoms with Crippen molar-refractivity contribution in [2.24, 2.45) is 0 Å². The molecular formula is C17H23N3O. The van der Waals surface area contributed by atoms with Gasteiger partial charge < -0.3 is 10.1 Å². The predicted molar refractivity (Wildman–Crippen MR) is 86.3 cm³/mol. The first-order chi connectivity index (χ1) is 10.0. The van der Waals surface area contributed by atoms with E-state index in [-0.39, 0.29) is 5.92 Å². The third-order valence-corrected chi connectivity index (χ3v) is 3.18. The zero-order valence-corrected chi connectivity index (χ0v) is 13.4. The highest BCUT2D eigenvalue weighted by Crippen LogP contribution is 2.33. The maximum atomic E-state index is 6.03. The lowest BCUT2D eigenvalue weighted by Crippen LogP contribution is -2.07. The van der Waals surface area contributed by atoms with Gasteiger partial charge in [0.1, 0.15) is 17.9 Å². The van der Waals surface area contributed by atoms with E-state index in [0.717, 1.165) is 23.7 Å². The van der Waals surface area contributed by atoms with Crippen LogP contribution < -0.4 is 10.1 Å². The highest BCUT2D eigenvalue weighted by Gasteiger charge is 2.16. The van der Waals surface area contributed by atoms with Crippen LogP contribution in [0.1, 0.15) is 43.4 Å². The summed E-state index contributed by atoms with van der Waals surface area (Å²) in [5.41, 5.74) is 3.37. The van der Waals surface area contributed by atoms with E-state index >= 15 is 0 Å². The SMILES string of the molecule is CCNc1ncnc(Oc2cc(C)cc(C)c2)c1C(C)C. The van der Waals surface area contributed by atoms with Crippen LogP contribution in [0.5, 0.6) is 11.6 Å². The van der Waals surface area contributed by atoms with Crippen molar-refractivity contribution in [3.63, 3.8) is 0 Å². The molecule has 0 aliphatic rings. The summed E-state index contributed by atoms with van der Waals surface area (Å²) in [6, 6.07) is 6.17. The van der Waals surface area contributed by atoms with Gasteiger partial charge in [0.2, 0.25) is 5.88 Å². The Morgan fingerprint density at radius 1 is 1.10 bits per heavy atom. The van der Waals surface area contributed by atoms with E-state index in [1.54, 1.807) is 6.33 Å². The van der Waals surface area contributed by atoms with Crippen LogP contribution >= 0.6 is 0 Å². The molecule has 0 radical (unpaired) electrons. The monoisotopic (exact) mass is 285 g/mol. The first-order valence-corrected chi connectivity index (χ1v) is 7.36. The smallest absolute Gasteiger partial charge is 0.227 e. The maximum absolute atomic E-state index is 6.03. The molecular weight excluding hydrogens is 262 g/mol. The zero-order valence-electron chi connectivity index (χ0n) is 13.4. The molecule has 2 rings (SSSR count). The number of aryl methyl sites for hydroxylation is 2. The molecule has 1 aromatic heterocycles. The van der Waals surface area contributed by atoms with E-state index in [4.69, 9.17) is 4.74 Å². The van der Waals surface area contributed by atoms with Crippen LogP contribution in [0.4, 0.5) is 5.82 Å². The fraction of sp³-hybridized carbons (Fsp3) is 0.412. The zero-order chi connectivity index (χ0) is 15.4. The molecule has 1 heterocycles. The standard InChI is InChI=1S/C17H23N3O/c1-6-18-16-15(11(2)3)17(20-10-19-16)21-14-8-12(4)7-13(5)9-14/h7-11H,6H2,1-5H3,(H,18,19,20). The Morgan fingerprint density at radius 2 is 1.76 bits per heavy atom. The van der Waals surface area contributed by atoms with Gasteiger partial charge >= 0.3 is 0 Å². The minimum absolute atomic E-state index is 0.279. The van der Waals surface area contributed by atoms with Crippen LogP contribution in [0.2, 0.25) is 0 Å². The molecule has 0 saturated heterocycles. The van der Waals surface area contributed by atoms with Gasteiger partial charge in [-0.1, -0.05) is 19.9 Å². The number of ether oxygens (including phenoxy) is 1. The average Bonchev–Trinajstić information content (AvgIpc) is 2.37. The van der Waals surface area contributed by atoms with Crippen molar-refractivity contribution >= 4 is 5.82 Å². The summed E-state index contributed by atoms with van der Waals surface area (Å²) in [6.07, 6.45) is 1.54. The second kappa shape index (κ2) is 6.57. The van der Waals surface area contributed by atoms with Crippen LogP contribution in [-0.2, 0) is 0 Å². The summed E-state index contributed by atoms with van der Waals surface area (Å²) in [5, 5.41) is 3.28. The van der Waals surface area contributed by atoms with Crippen molar-refractivity contribution in [2.75, 3.05) is 11.9 Å². The van der Waals surface area contributed by atoms with Crippen molar-refractivity contribution in [2.45, 2.75) is 40.5 Å². The molecule has 4 heteroatoms. The highest BCUT2D eigenvalue weighted by atomic mass is 16.5. The number of hydrogen-bond donors (Lipinski definition) is 1. The number of nitrogens with one attached hydrogen (secondary N) is 1. The van der Waals surface area contributed by atoms with Gasteiger partial charge in [0.25, 0.3) is 0 Å². The Hall–Kier alpha value is -2.10. The molecule has 112 valence electrons. The molecule has 0 aliphatic carbocycles. The third kappa shape index (κ3) is 3.72. The summed E-state index contributed by atoms with van der Waals surface area (Å²) in [5.74, 6) is 2.57. The quantitative estimate of drug-likeness (QED) is 0.882. The molecule has 0 aliphatic heterocycles. The molecule has 2 aromatic rings. The lowest BCUT2D eigenvalue weighted by molar-refractivity contribution is 0.451. The van der Waals surface area contributed by atoms with Crippen molar-refractivity contribution in [1.82, 2.24) is 9.97 Å². The van der Waals surface area contributed by atoms with Crippen LogP contribution in [-0.4, -0.2) is 16.5 Å². The Kier molecular flexibility index (Phi) is 4.78. The molecule has 1 N–H and O–H groups in total. The second-order valence-corrected chi connectivity index (χ2v) is 5.55. The highest BCUT2D eigenvalue weighted by molar-refractivity contribution is 5.51. The van der Waals surface area contributed by atoms with E-state index in [0.29, 0.717) is 5.88 Å². The molecule has 0 spiro atoms. The lowest BCUT2D eigenvalue weighted by atomic mass is 10.1. The van der Waals surface area contributed by atoms with Crippen LogP contribution in [0.15, 0.2) is 24.5 Å². The van der Waals surface area contributed by atoms with Crippen molar-refractivity contribution in [3.05, 3.63) is 41.2 Å². The molecule has 0 atom stereocenters. The van der Waals surface area contributed by atoms with Crippen molar-refractivity contribution in [3.8, 4) is 11.6 Å². The van der Waals surface area contributed by atoms with Gasteiger partial charge in [-0.05, 0) is 49.9 Å². The summed E-state index contributed by atoms with van der Waals surface area (Å²) < 4.78 is 6.03. The Balaban J connectivity index is 2.41. The minimum Gasteiger partial charge on any atom is -0.439 e. The molecule has 0 fully saturated rings. The maximum Gasteiger partial charge on any atom is 0.227 e. The molecule has 0 amide bonds. The molecule has 0 saturated carbocycles. The summed E-state index contributed by atoms with van der Waals surface area (Å²) in [6.45, 7) is 11.2. The van der Waals surface area contributed by atoms with Crippen LogP contribution in [0.3, 0.4) is 0 Å². The topological polar surface area (TPSA) is 47.0 Å². The van der Waals surface area contributed by atoms with Crippen LogP contribution in [0, 0.1) is 13.8 Å². The van der Waals surface area contributed by atoms with E-state index in [2.05, 4.69) is 56.0 Å². The summed E-state index contributed by atoms with van der Waals surface area (Å²) in [4.78, 5) is 8.65. The van der Waals surface area contributed by atoms with Gasteiger partial charge in [-0.2, -0.15) is 0 Å². The molecule has 21 heavy (non-hydrogen) atoms. The predicted octanol–water partition coefficient (Wildman–Crippen LogP) is 4.44. The van der Waals surface area contributed by atoms with E-state index in [9.17, 15) is 0 Å². The summed E-state index contributed by atoms with van der Waals surface area (Å²) >= 11 is 0. The number of benzene rings is 1. The van der Waals surface area contributed by atoms with Gasteiger partial charge in [-0.25, -0.2) is 9.97 Å². The molecule has 0 bridgehead atoms. The van der Waals surface area contributed by atoms with E-state index in [1.165, 1.54) is 11.1 Å². The van der Waals surface area contributed by atoms with Gasteiger partial charge in [0.05, 0.1) is 5.56 Å². The molecule has 4 nitrogen and oxygen atoms in total. The fourth-order valence-electron chi connectivity index (χ4n) is 2.39. The Bertz CT molecular complexity index is 603. The number of hydrogen-bond acceptors (Lipinski definition) is 4. The fourth-order valence-corrected chi connectivity index (χ4v) is 2.39. The second-order valence-electron chi connectivity index (χ2n) is 5.55. The van der Waals surface area contributed by atoms with Gasteiger partial charge in [-0.3, -0.25) is 0 Å². The normalized spacial score (nSPS) is 10.8. The summed E-state index contributed by atoms with van der Waals surface area (Å²) in [7, 11) is 0. The van der Waals surface area contributed by atoms with Gasteiger partial charge in [-0.15, -0.1) is 0 Å². The van der Waals surface area contributed by atoms with Crippen molar-refractivity contribution in [1.29, 1.82) is 0 Å².